The molecule has 27 heavy (non-hydrogen) atoms. The topological polar surface area (TPSA) is 99.2 Å². The van der Waals surface area contributed by atoms with E-state index in [4.69, 9.17) is 4.74 Å². The molecule has 1 amide bonds. The molecule has 0 saturated heterocycles. The third-order valence-corrected chi connectivity index (χ3v) is 4.90. The average molecular weight is 369 g/mol. The number of nitrogens with one attached hydrogen (secondary N) is 1. The third-order valence-electron chi connectivity index (χ3n) is 4.90. The number of hydrogen-bond acceptors (Lipinski definition) is 6. The summed E-state index contributed by atoms with van der Waals surface area (Å²) in [4.78, 5) is 17.1. The van der Waals surface area contributed by atoms with E-state index >= 15 is 0 Å². The van der Waals surface area contributed by atoms with Crippen LogP contribution in [0, 0.1) is 13.8 Å². The molecule has 1 unspecified atom stereocenters. The Kier molecular flexibility index (Phi) is 4.61. The molecule has 9 nitrogen and oxygen atoms in total. The minimum atomic E-state index is -0.169. The number of hydrogen-bond donors (Lipinski definition) is 1. The predicted molar refractivity (Wildman–Crippen MR) is 97.4 cm³/mol. The van der Waals surface area contributed by atoms with E-state index in [1.807, 2.05) is 19.9 Å². The summed E-state index contributed by atoms with van der Waals surface area (Å²) in [5.41, 5.74) is 2.94. The van der Waals surface area contributed by atoms with E-state index in [-0.39, 0.29) is 11.9 Å². The van der Waals surface area contributed by atoms with Gasteiger partial charge in [-0.3, -0.25) is 4.79 Å². The second kappa shape index (κ2) is 7.07. The smallest absolute Gasteiger partial charge is 0.272 e. The molecule has 0 fully saturated rings. The number of amides is 1. The molecular weight excluding hydrogens is 346 g/mol. The van der Waals surface area contributed by atoms with Crippen LogP contribution in [0.1, 0.15) is 46.4 Å². The Labute approximate surface area is 156 Å². The SMILES string of the molecule is COCc1nnc2n1CCC(NC(=O)c1cc3nc(C)cc(C)n3n1)CC2. The van der Waals surface area contributed by atoms with E-state index in [0.717, 1.165) is 48.8 Å². The lowest BCUT2D eigenvalue weighted by Gasteiger charge is -2.15. The van der Waals surface area contributed by atoms with Gasteiger partial charge < -0.3 is 14.6 Å². The van der Waals surface area contributed by atoms with Crippen molar-refractivity contribution in [2.45, 2.75) is 52.3 Å². The predicted octanol–water partition coefficient (Wildman–Crippen LogP) is 1.22. The fourth-order valence-electron chi connectivity index (χ4n) is 3.59. The summed E-state index contributed by atoms with van der Waals surface area (Å²) >= 11 is 0. The average Bonchev–Trinajstić information content (AvgIpc) is 3.16. The molecule has 0 saturated carbocycles. The van der Waals surface area contributed by atoms with Crippen molar-refractivity contribution in [3.8, 4) is 0 Å². The summed E-state index contributed by atoms with van der Waals surface area (Å²) in [7, 11) is 1.65. The Morgan fingerprint density at radius 1 is 1.30 bits per heavy atom. The molecule has 0 aromatic carbocycles. The molecule has 0 aliphatic carbocycles. The van der Waals surface area contributed by atoms with Gasteiger partial charge in [0.1, 0.15) is 12.4 Å². The molecule has 0 radical (unpaired) electrons. The number of nitrogens with zero attached hydrogens (tertiary/aromatic N) is 6. The molecule has 0 bridgehead atoms. The number of aromatic nitrogens is 6. The van der Waals surface area contributed by atoms with Crippen molar-refractivity contribution in [1.82, 2.24) is 34.7 Å². The lowest BCUT2D eigenvalue weighted by Crippen LogP contribution is -2.35. The monoisotopic (exact) mass is 369 g/mol. The van der Waals surface area contributed by atoms with E-state index < -0.39 is 0 Å². The zero-order chi connectivity index (χ0) is 19.0. The van der Waals surface area contributed by atoms with Crippen molar-refractivity contribution in [3.05, 3.63) is 40.9 Å². The van der Waals surface area contributed by atoms with Gasteiger partial charge in [0, 0.05) is 43.6 Å². The number of carbonyl (C=O) groups excluding carboxylic acids is 1. The molecule has 142 valence electrons. The fraction of sp³-hybridized carbons (Fsp3) is 0.500. The van der Waals surface area contributed by atoms with Gasteiger partial charge in [0.25, 0.3) is 5.91 Å². The minimum absolute atomic E-state index is 0.0650. The van der Waals surface area contributed by atoms with Crippen LogP contribution < -0.4 is 5.32 Å². The third kappa shape index (κ3) is 3.42. The summed E-state index contributed by atoms with van der Waals surface area (Å²) in [6.07, 6.45) is 2.41. The van der Waals surface area contributed by atoms with Crippen molar-refractivity contribution in [2.24, 2.45) is 0 Å². The van der Waals surface area contributed by atoms with Crippen LogP contribution in [0.2, 0.25) is 0 Å². The zero-order valence-electron chi connectivity index (χ0n) is 15.8. The lowest BCUT2D eigenvalue weighted by molar-refractivity contribution is 0.0927. The van der Waals surface area contributed by atoms with Crippen LogP contribution >= 0.6 is 0 Å². The molecule has 4 rings (SSSR count). The molecule has 4 heterocycles. The highest BCUT2D eigenvalue weighted by molar-refractivity contribution is 5.93. The minimum Gasteiger partial charge on any atom is -0.377 e. The van der Waals surface area contributed by atoms with Crippen LogP contribution in [0.25, 0.3) is 5.65 Å². The Hall–Kier alpha value is -2.81. The molecule has 1 N–H and O–H groups in total. The van der Waals surface area contributed by atoms with E-state index in [9.17, 15) is 4.79 Å². The van der Waals surface area contributed by atoms with Gasteiger partial charge in [-0.05, 0) is 32.8 Å². The Morgan fingerprint density at radius 3 is 2.96 bits per heavy atom. The number of ether oxygens (including phenoxy) is 1. The molecular formula is C18H23N7O2. The van der Waals surface area contributed by atoms with Crippen LogP contribution in [-0.4, -0.2) is 48.4 Å². The second-order valence-corrected chi connectivity index (χ2v) is 6.95. The normalized spacial score (nSPS) is 16.9. The first-order valence-corrected chi connectivity index (χ1v) is 9.10. The van der Waals surface area contributed by atoms with Crippen molar-refractivity contribution in [1.29, 1.82) is 0 Å². The summed E-state index contributed by atoms with van der Waals surface area (Å²) in [5, 5.41) is 16.0. The van der Waals surface area contributed by atoms with E-state index in [1.54, 1.807) is 17.7 Å². The van der Waals surface area contributed by atoms with Gasteiger partial charge in [0.2, 0.25) is 0 Å². The summed E-state index contributed by atoms with van der Waals surface area (Å²) in [6.45, 7) is 5.09. The van der Waals surface area contributed by atoms with Crippen molar-refractivity contribution in [3.63, 3.8) is 0 Å². The van der Waals surface area contributed by atoms with Crippen LogP contribution in [0.5, 0.6) is 0 Å². The van der Waals surface area contributed by atoms with Crippen LogP contribution in [0.15, 0.2) is 12.1 Å². The molecule has 1 aliphatic rings. The number of aryl methyl sites for hydroxylation is 3. The molecule has 0 spiro atoms. The highest BCUT2D eigenvalue weighted by Gasteiger charge is 2.23. The molecule has 1 atom stereocenters. The lowest BCUT2D eigenvalue weighted by atomic mass is 10.1. The van der Waals surface area contributed by atoms with Crippen LogP contribution in [0.3, 0.4) is 0 Å². The van der Waals surface area contributed by atoms with Gasteiger partial charge in [0.15, 0.2) is 17.2 Å². The Morgan fingerprint density at radius 2 is 2.15 bits per heavy atom. The molecule has 3 aromatic rings. The van der Waals surface area contributed by atoms with Gasteiger partial charge in [0.05, 0.1) is 0 Å². The second-order valence-electron chi connectivity index (χ2n) is 6.95. The van der Waals surface area contributed by atoms with Gasteiger partial charge in [-0.2, -0.15) is 5.10 Å². The molecule has 3 aromatic heterocycles. The Bertz CT molecular complexity index is 991. The van der Waals surface area contributed by atoms with E-state index in [0.29, 0.717) is 17.9 Å². The number of methoxy groups -OCH3 is 1. The quantitative estimate of drug-likeness (QED) is 0.742. The summed E-state index contributed by atoms with van der Waals surface area (Å²) in [5.74, 6) is 1.61. The largest absolute Gasteiger partial charge is 0.377 e. The standard InChI is InChI=1S/C18H23N7O2/c1-11-8-12(2)25-16(19-11)9-14(23-25)18(26)20-13-4-5-15-21-22-17(10-27-3)24(15)7-6-13/h8-9,13H,4-7,10H2,1-3H3,(H,20,26). The molecule has 1 aliphatic heterocycles. The summed E-state index contributed by atoms with van der Waals surface area (Å²) < 4.78 is 8.98. The molecule has 9 heteroatoms. The van der Waals surface area contributed by atoms with Gasteiger partial charge in [-0.1, -0.05) is 0 Å². The van der Waals surface area contributed by atoms with Crippen molar-refractivity contribution < 1.29 is 9.53 Å². The first-order valence-electron chi connectivity index (χ1n) is 9.10. The number of rotatable bonds is 4. The van der Waals surface area contributed by atoms with Gasteiger partial charge in [-0.25, -0.2) is 9.50 Å². The van der Waals surface area contributed by atoms with Crippen LogP contribution in [-0.2, 0) is 24.3 Å². The number of fused-ring (bicyclic) bond motifs is 2. The highest BCUT2D eigenvalue weighted by atomic mass is 16.5. The van der Waals surface area contributed by atoms with Gasteiger partial charge >= 0.3 is 0 Å². The first-order chi connectivity index (χ1) is 13.0. The number of carbonyl (C=O) groups is 1. The van der Waals surface area contributed by atoms with Gasteiger partial charge in [-0.15, -0.1) is 10.2 Å². The van der Waals surface area contributed by atoms with E-state index in [1.165, 1.54) is 0 Å². The maximum Gasteiger partial charge on any atom is 0.272 e. The summed E-state index contributed by atoms with van der Waals surface area (Å²) in [6, 6.07) is 3.74. The van der Waals surface area contributed by atoms with E-state index in [2.05, 4.69) is 30.2 Å². The van der Waals surface area contributed by atoms with Crippen molar-refractivity contribution >= 4 is 11.6 Å². The first kappa shape index (κ1) is 17.6. The fourth-order valence-corrected chi connectivity index (χ4v) is 3.59. The Balaban J connectivity index is 1.47. The zero-order valence-corrected chi connectivity index (χ0v) is 15.8. The van der Waals surface area contributed by atoms with Crippen molar-refractivity contribution in [2.75, 3.05) is 7.11 Å². The van der Waals surface area contributed by atoms with Crippen LogP contribution in [0.4, 0.5) is 0 Å². The highest BCUT2D eigenvalue weighted by Crippen LogP contribution is 2.16. The maximum absolute atomic E-state index is 12.7. The maximum atomic E-state index is 12.7.